The fourth-order valence-corrected chi connectivity index (χ4v) is 1.39. The lowest BCUT2D eigenvalue weighted by molar-refractivity contribution is -0.129. The topological polar surface area (TPSA) is 118 Å². The van der Waals surface area contributed by atoms with Gasteiger partial charge in [-0.15, -0.1) is 0 Å². The highest BCUT2D eigenvalue weighted by Gasteiger charge is 2.17. The van der Waals surface area contributed by atoms with Gasteiger partial charge in [-0.1, -0.05) is 0 Å². The Bertz CT molecular complexity index is 464. The zero-order chi connectivity index (χ0) is 15.3. The van der Waals surface area contributed by atoms with Crippen LogP contribution in [-0.4, -0.2) is 52.0 Å². The second-order valence-electron chi connectivity index (χ2n) is 4.67. The van der Waals surface area contributed by atoms with E-state index in [-0.39, 0.29) is 29.9 Å². The molecule has 1 heterocycles. The molecule has 9 heteroatoms. The smallest absolute Gasteiger partial charge is 0.323 e. The van der Waals surface area contributed by atoms with Crippen LogP contribution in [0, 0.1) is 0 Å². The van der Waals surface area contributed by atoms with Gasteiger partial charge in [0.2, 0.25) is 17.8 Å². The number of anilines is 2. The molecule has 1 aromatic heterocycles. The quantitative estimate of drug-likeness (QED) is 0.486. The molecule has 20 heavy (non-hydrogen) atoms. The monoisotopic (exact) mass is 283 g/mol. The van der Waals surface area contributed by atoms with Gasteiger partial charge >= 0.3 is 6.01 Å². The van der Waals surface area contributed by atoms with Crippen molar-refractivity contribution in [2.75, 3.05) is 24.8 Å². The molecule has 1 atom stereocenters. The zero-order valence-corrected chi connectivity index (χ0v) is 12.3. The Balaban J connectivity index is 2.91. The molecule has 0 radical (unpaired) electrons. The minimum absolute atomic E-state index is 0.0864. The second-order valence-corrected chi connectivity index (χ2v) is 4.67. The summed E-state index contributed by atoms with van der Waals surface area (Å²) in [5.41, 5.74) is 2.33. The van der Waals surface area contributed by atoms with Crippen LogP contribution in [0.4, 0.5) is 11.9 Å². The molecule has 1 rings (SSSR count). The van der Waals surface area contributed by atoms with Crippen LogP contribution in [0.3, 0.4) is 0 Å². The SMILES string of the molecule is CC(C)Oc1nc(NN)nc(NC(C)C(=O)N(C)C)n1. The van der Waals surface area contributed by atoms with Crippen molar-refractivity contribution < 1.29 is 9.53 Å². The molecule has 0 aliphatic carbocycles. The predicted octanol–water partition coefficient (Wildman–Crippen LogP) is -0.167. The number of amides is 1. The maximum Gasteiger partial charge on any atom is 0.323 e. The molecule has 0 aromatic carbocycles. The van der Waals surface area contributed by atoms with E-state index in [1.54, 1.807) is 21.0 Å². The first-order chi connectivity index (χ1) is 9.33. The van der Waals surface area contributed by atoms with Crippen LogP contribution >= 0.6 is 0 Å². The molecule has 112 valence electrons. The van der Waals surface area contributed by atoms with Crippen LogP contribution in [0.15, 0.2) is 0 Å². The van der Waals surface area contributed by atoms with Crippen LogP contribution in [0.5, 0.6) is 6.01 Å². The first-order valence-electron chi connectivity index (χ1n) is 6.20. The number of hydrogen-bond acceptors (Lipinski definition) is 8. The van der Waals surface area contributed by atoms with Gasteiger partial charge in [0.1, 0.15) is 6.04 Å². The summed E-state index contributed by atoms with van der Waals surface area (Å²) in [7, 11) is 3.35. The maximum absolute atomic E-state index is 11.8. The molecule has 1 unspecified atom stereocenters. The summed E-state index contributed by atoms with van der Waals surface area (Å²) in [5.74, 6) is 5.57. The number of nitrogen functional groups attached to an aromatic ring is 1. The molecular formula is C11H21N7O2. The number of hydrazine groups is 1. The number of carbonyl (C=O) groups excluding carboxylic acids is 1. The van der Waals surface area contributed by atoms with E-state index in [2.05, 4.69) is 25.7 Å². The number of aromatic nitrogens is 3. The number of nitrogens with zero attached hydrogens (tertiary/aromatic N) is 4. The van der Waals surface area contributed by atoms with Crippen molar-refractivity contribution in [3.05, 3.63) is 0 Å². The van der Waals surface area contributed by atoms with Gasteiger partial charge in [0, 0.05) is 14.1 Å². The number of rotatable bonds is 6. The highest BCUT2D eigenvalue weighted by molar-refractivity contribution is 5.83. The molecular weight excluding hydrogens is 262 g/mol. The lowest BCUT2D eigenvalue weighted by Crippen LogP contribution is -2.37. The van der Waals surface area contributed by atoms with E-state index in [0.29, 0.717) is 0 Å². The van der Waals surface area contributed by atoms with E-state index in [0.717, 1.165) is 0 Å². The fraction of sp³-hybridized carbons (Fsp3) is 0.636. The van der Waals surface area contributed by atoms with Crippen molar-refractivity contribution in [2.24, 2.45) is 5.84 Å². The third-order valence-corrected chi connectivity index (χ3v) is 2.24. The highest BCUT2D eigenvalue weighted by atomic mass is 16.5. The Morgan fingerprint density at radius 3 is 2.30 bits per heavy atom. The van der Waals surface area contributed by atoms with E-state index < -0.39 is 6.04 Å². The average Bonchev–Trinajstić information content (AvgIpc) is 2.36. The van der Waals surface area contributed by atoms with Gasteiger partial charge in [0.15, 0.2) is 0 Å². The molecule has 4 N–H and O–H groups in total. The van der Waals surface area contributed by atoms with Gasteiger partial charge in [-0.3, -0.25) is 10.2 Å². The lowest BCUT2D eigenvalue weighted by Gasteiger charge is -2.18. The van der Waals surface area contributed by atoms with Crippen LogP contribution in [0.1, 0.15) is 20.8 Å². The van der Waals surface area contributed by atoms with Gasteiger partial charge in [0.25, 0.3) is 0 Å². The number of hydrogen-bond donors (Lipinski definition) is 3. The van der Waals surface area contributed by atoms with Gasteiger partial charge < -0.3 is 15.0 Å². The summed E-state index contributed by atoms with van der Waals surface area (Å²) in [5, 5.41) is 2.88. The Kier molecular flexibility index (Phi) is 5.44. The Labute approximate surface area is 117 Å². The van der Waals surface area contributed by atoms with Crippen LogP contribution in [0.2, 0.25) is 0 Å². The van der Waals surface area contributed by atoms with E-state index in [4.69, 9.17) is 10.6 Å². The van der Waals surface area contributed by atoms with Crippen molar-refractivity contribution in [1.29, 1.82) is 0 Å². The summed E-state index contributed by atoms with van der Waals surface area (Å²) in [6.07, 6.45) is -0.0864. The van der Waals surface area contributed by atoms with Crippen LogP contribution in [-0.2, 0) is 4.79 Å². The molecule has 0 bridgehead atoms. The van der Waals surface area contributed by atoms with Crippen molar-refractivity contribution in [1.82, 2.24) is 19.9 Å². The molecule has 0 saturated heterocycles. The predicted molar refractivity (Wildman–Crippen MR) is 75.2 cm³/mol. The standard InChI is InChI=1S/C11H21N7O2/c1-6(2)20-11-15-9(14-10(16-11)17-12)13-7(3)8(19)18(4)5/h6-7H,12H2,1-5H3,(H2,13,14,15,16,17). The number of likely N-dealkylation sites (N-methyl/N-ethyl adjacent to an activating group) is 1. The van der Waals surface area contributed by atoms with E-state index in [1.807, 2.05) is 13.8 Å². The van der Waals surface area contributed by atoms with E-state index in [9.17, 15) is 4.79 Å². The first-order valence-corrected chi connectivity index (χ1v) is 6.20. The van der Waals surface area contributed by atoms with E-state index >= 15 is 0 Å². The second kappa shape index (κ2) is 6.85. The van der Waals surface area contributed by atoms with Gasteiger partial charge in [-0.2, -0.15) is 15.0 Å². The molecule has 0 aliphatic heterocycles. The summed E-state index contributed by atoms with van der Waals surface area (Å²) in [6.45, 7) is 5.42. The van der Waals surface area contributed by atoms with Crippen molar-refractivity contribution in [2.45, 2.75) is 32.9 Å². The molecule has 1 amide bonds. The molecule has 0 fully saturated rings. The summed E-state index contributed by atoms with van der Waals surface area (Å²) < 4.78 is 5.39. The van der Waals surface area contributed by atoms with Crippen molar-refractivity contribution in [3.8, 4) is 6.01 Å². The minimum atomic E-state index is -0.482. The van der Waals surface area contributed by atoms with Crippen LogP contribution in [0.25, 0.3) is 0 Å². The van der Waals surface area contributed by atoms with Gasteiger partial charge in [-0.25, -0.2) is 5.84 Å². The zero-order valence-electron chi connectivity index (χ0n) is 12.3. The maximum atomic E-state index is 11.8. The Morgan fingerprint density at radius 2 is 1.80 bits per heavy atom. The largest absolute Gasteiger partial charge is 0.461 e. The lowest BCUT2D eigenvalue weighted by atomic mass is 10.3. The number of nitrogens with one attached hydrogen (secondary N) is 2. The highest BCUT2D eigenvalue weighted by Crippen LogP contribution is 2.12. The number of carbonyl (C=O) groups is 1. The summed E-state index contributed by atoms with van der Waals surface area (Å²) in [4.78, 5) is 25.3. The summed E-state index contributed by atoms with van der Waals surface area (Å²) in [6, 6.07) is -0.347. The third-order valence-electron chi connectivity index (χ3n) is 2.24. The van der Waals surface area contributed by atoms with E-state index in [1.165, 1.54) is 4.90 Å². The minimum Gasteiger partial charge on any atom is -0.461 e. The van der Waals surface area contributed by atoms with Crippen LogP contribution < -0.4 is 21.3 Å². The Hall–Kier alpha value is -2.16. The molecule has 9 nitrogen and oxygen atoms in total. The molecule has 0 saturated carbocycles. The summed E-state index contributed by atoms with van der Waals surface area (Å²) >= 11 is 0. The van der Waals surface area contributed by atoms with Gasteiger partial charge in [0.05, 0.1) is 6.10 Å². The van der Waals surface area contributed by atoms with Gasteiger partial charge in [-0.05, 0) is 20.8 Å². The number of nitrogens with two attached hydrogens (primary N) is 1. The van der Waals surface area contributed by atoms with Crippen molar-refractivity contribution >= 4 is 17.8 Å². The number of ether oxygens (including phenoxy) is 1. The fourth-order valence-electron chi connectivity index (χ4n) is 1.39. The molecule has 0 aliphatic rings. The Morgan fingerprint density at radius 1 is 1.20 bits per heavy atom. The average molecular weight is 283 g/mol. The van der Waals surface area contributed by atoms with Crippen molar-refractivity contribution in [3.63, 3.8) is 0 Å². The third kappa shape index (κ3) is 4.50. The molecule has 1 aromatic rings. The molecule has 0 spiro atoms. The normalized spacial score (nSPS) is 11.9. The first kappa shape index (κ1) is 15.9.